The van der Waals surface area contributed by atoms with Gasteiger partial charge >= 0.3 is 0 Å². The molecule has 0 atom stereocenters. The van der Waals surface area contributed by atoms with Crippen LogP contribution in [-0.2, 0) is 23.1 Å². The van der Waals surface area contributed by atoms with E-state index in [2.05, 4.69) is 55.0 Å². The molecule has 1 aliphatic carbocycles. The summed E-state index contributed by atoms with van der Waals surface area (Å²) in [6, 6.07) is 18.6. The molecule has 0 aliphatic heterocycles. The minimum atomic E-state index is -3.27. The van der Waals surface area contributed by atoms with E-state index in [0.29, 0.717) is 17.8 Å². The average Bonchev–Trinajstić information content (AvgIpc) is 3.20. The Morgan fingerprint density at radius 2 is 1.80 bits per heavy atom. The van der Waals surface area contributed by atoms with Crippen molar-refractivity contribution < 1.29 is 8.42 Å². The maximum Gasteiger partial charge on any atom is 0.209 e. The number of nitrogens with zero attached hydrogens (tertiary/aromatic N) is 3. The monoisotopic (exact) mass is 490 g/mol. The Hall–Kier alpha value is -3.27. The molecule has 1 saturated carbocycles. The highest BCUT2D eigenvalue weighted by molar-refractivity contribution is 7.88. The highest BCUT2D eigenvalue weighted by atomic mass is 32.2. The lowest BCUT2D eigenvalue weighted by molar-refractivity contribution is 0.196. The highest BCUT2D eigenvalue weighted by Gasteiger charge is 2.32. The van der Waals surface area contributed by atoms with Gasteiger partial charge in [-0.25, -0.2) is 23.1 Å². The van der Waals surface area contributed by atoms with Crippen molar-refractivity contribution in [2.24, 2.45) is 5.92 Å². The molecular formula is C26H30N6O2S. The van der Waals surface area contributed by atoms with Crippen molar-refractivity contribution in [1.29, 1.82) is 0 Å². The molecule has 5 rings (SSSR count). The zero-order valence-corrected chi connectivity index (χ0v) is 20.5. The Balaban J connectivity index is 1.33. The number of anilines is 1. The van der Waals surface area contributed by atoms with Gasteiger partial charge in [-0.1, -0.05) is 48.5 Å². The number of hydrogen-bond acceptors (Lipinski definition) is 6. The molecule has 4 N–H and O–H groups in total. The van der Waals surface area contributed by atoms with Gasteiger partial charge in [0.2, 0.25) is 10.0 Å². The zero-order chi connectivity index (χ0) is 24.4. The van der Waals surface area contributed by atoms with Crippen LogP contribution in [0.3, 0.4) is 0 Å². The summed E-state index contributed by atoms with van der Waals surface area (Å²) in [4.78, 5) is 8.81. The van der Waals surface area contributed by atoms with E-state index in [0.717, 1.165) is 59.9 Å². The Labute approximate surface area is 205 Å². The topological polar surface area (TPSA) is 115 Å². The van der Waals surface area contributed by atoms with E-state index in [9.17, 15) is 8.42 Å². The summed E-state index contributed by atoms with van der Waals surface area (Å²) in [6.45, 7) is 2.11. The molecule has 2 heterocycles. The van der Waals surface area contributed by atoms with Gasteiger partial charge in [-0.3, -0.25) is 0 Å². The Bertz CT molecular complexity index is 1430. The van der Waals surface area contributed by atoms with Crippen molar-refractivity contribution in [3.63, 3.8) is 0 Å². The van der Waals surface area contributed by atoms with Gasteiger partial charge in [-0.15, -0.1) is 0 Å². The van der Waals surface area contributed by atoms with Gasteiger partial charge in [0.05, 0.1) is 11.6 Å². The first-order chi connectivity index (χ1) is 16.9. The van der Waals surface area contributed by atoms with E-state index in [1.165, 1.54) is 11.9 Å². The molecule has 0 radical (unpaired) electrons. The second-order valence-corrected chi connectivity index (χ2v) is 11.1. The summed E-state index contributed by atoms with van der Waals surface area (Å²) in [6.07, 6.45) is 6.95. The number of nitrogens with one attached hydrogen (secondary N) is 2. The predicted octanol–water partition coefficient (Wildman–Crippen LogP) is 3.47. The van der Waals surface area contributed by atoms with Crippen LogP contribution >= 0.6 is 0 Å². The molecule has 0 saturated heterocycles. The van der Waals surface area contributed by atoms with Crippen LogP contribution in [0.4, 0.5) is 5.82 Å². The SMILES string of the molecule is CS(=O)(=O)NCc1cccc(-c2cn([C@H]3C[C@@H](CNCc4ccccc4)C3)c3ncnc(N)c23)c1. The minimum Gasteiger partial charge on any atom is -0.383 e. The Morgan fingerprint density at radius 1 is 1.03 bits per heavy atom. The molecule has 9 heteroatoms. The van der Waals surface area contributed by atoms with Gasteiger partial charge in [0, 0.05) is 30.9 Å². The molecule has 0 amide bonds. The maximum absolute atomic E-state index is 11.5. The molecule has 0 unspecified atom stereocenters. The number of nitrogen functional groups attached to an aromatic ring is 1. The summed E-state index contributed by atoms with van der Waals surface area (Å²) in [5.41, 5.74) is 11.2. The highest BCUT2D eigenvalue weighted by Crippen LogP contribution is 2.42. The number of nitrogens with two attached hydrogens (primary N) is 1. The number of sulfonamides is 1. The number of benzene rings is 2. The lowest BCUT2D eigenvalue weighted by atomic mass is 9.80. The van der Waals surface area contributed by atoms with Crippen LogP contribution in [0.2, 0.25) is 0 Å². The van der Waals surface area contributed by atoms with Gasteiger partial charge in [0.25, 0.3) is 0 Å². The van der Waals surface area contributed by atoms with Gasteiger partial charge in [0.15, 0.2) is 0 Å². The quantitative estimate of drug-likeness (QED) is 0.331. The fraction of sp³-hybridized carbons (Fsp3) is 0.308. The molecule has 4 aromatic rings. The summed E-state index contributed by atoms with van der Waals surface area (Å²) >= 11 is 0. The second-order valence-electron chi connectivity index (χ2n) is 9.31. The number of aromatic nitrogens is 3. The van der Waals surface area contributed by atoms with Crippen molar-refractivity contribution in [3.05, 3.63) is 78.2 Å². The standard InChI is InChI=1S/C26H30N6O2S/c1-35(33,34)31-15-19-8-5-9-21(10-19)23-16-32(26-24(23)25(27)29-17-30-26)22-11-20(12-22)14-28-13-18-6-3-2-4-7-18/h2-10,16-17,20,22,28,31H,11-15H2,1H3,(H2,27,29,30)/t20-,22+. The van der Waals surface area contributed by atoms with Crippen LogP contribution in [0, 0.1) is 5.92 Å². The third-order valence-corrected chi connectivity index (χ3v) is 7.29. The average molecular weight is 491 g/mol. The second kappa shape index (κ2) is 9.77. The smallest absolute Gasteiger partial charge is 0.209 e. The summed E-state index contributed by atoms with van der Waals surface area (Å²) in [5.74, 6) is 1.07. The predicted molar refractivity (Wildman–Crippen MR) is 139 cm³/mol. The molecule has 2 aromatic carbocycles. The van der Waals surface area contributed by atoms with Crippen LogP contribution in [-0.4, -0.2) is 35.8 Å². The fourth-order valence-corrected chi connectivity index (χ4v) is 5.21. The van der Waals surface area contributed by atoms with Crippen molar-refractivity contribution in [2.75, 3.05) is 18.5 Å². The van der Waals surface area contributed by atoms with Crippen molar-refractivity contribution in [1.82, 2.24) is 24.6 Å². The van der Waals surface area contributed by atoms with Gasteiger partial charge in [0.1, 0.15) is 17.8 Å². The van der Waals surface area contributed by atoms with Gasteiger partial charge in [-0.2, -0.15) is 0 Å². The fourth-order valence-electron chi connectivity index (χ4n) is 4.78. The molecule has 35 heavy (non-hydrogen) atoms. The van der Waals surface area contributed by atoms with Gasteiger partial charge < -0.3 is 15.6 Å². The number of hydrogen-bond donors (Lipinski definition) is 3. The van der Waals surface area contributed by atoms with Crippen molar-refractivity contribution in [2.45, 2.75) is 32.0 Å². The van der Waals surface area contributed by atoms with Crippen LogP contribution in [0.5, 0.6) is 0 Å². The van der Waals surface area contributed by atoms with Crippen LogP contribution in [0.25, 0.3) is 22.2 Å². The number of rotatable bonds is 9. The minimum absolute atomic E-state index is 0.234. The van der Waals surface area contributed by atoms with Crippen molar-refractivity contribution in [3.8, 4) is 11.1 Å². The lowest BCUT2D eigenvalue weighted by Gasteiger charge is -2.36. The van der Waals surface area contributed by atoms with E-state index in [4.69, 9.17) is 5.73 Å². The van der Waals surface area contributed by atoms with Crippen LogP contribution < -0.4 is 15.8 Å². The van der Waals surface area contributed by atoms with Crippen molar-refractivity contribution >= 4 is 26.9 Å². The zero-order valence-electron chi connectivity index (χ0n) is 19.7. The molecule has 0 spiro atoms. The molecule has 182 valence electrons. The molecule has 8 nitrogen and oxygen atoms in total. The van der Waals surface area contributed by atoms with E-state index in [1.54, 1.807) is 0 Å². The summed E-state index contributed by atoms with van der Waals surface area (Å²) in [7, 11) is -3.27. The molecular weight excluding hydrogens is 460 g/mol. The maximum atomic E-state index is 11.5. The first kappa shape index (κ1) is 23.5. The lowest BCUT2D eigenvalue weighted by Crippen LogP contribution is -2.34. The Morgan fingerprint density at radius 3 is 2.57 bits per heavy atom. The normalized spacial score (nSPS) is 18.0. The molecule has 0 bridgehead atoms. The van der Waals surface area contributed by atoms with E-state index in [-0.39, 0.29) is 6.54 Å². The first-order valence-electron chi connectivity index (χ1n) is 11.8. The molecule has 1 aliphatic rings. The Kier molecular flexibility index (Phi) is 6.55. The third-order valence-electron chi connectivity index (χ3n) is 6.62. The van der Waals surface area contributed by atoms with Gasteiger partial charge in [-0.05, 0) is 48.1 Å². The molecule has 1 fully saturated rings. The number of fused-ring (bicyclic) bond motifs is 1. The molecule has 2 aromatic heterocycles. The van der Waals surface area contributed by atoms with Crippen LogP contribution in [0.15, 0.2) is 67.1 Å². The summed E-state index contributed by atoms with van der Waals surface area (Å²) in [5, 5.41) is 4.42. The first-order valence-corrected chi connectivity index (χ1v) is 13.7. The van der Waals surface area contributed by atoms with E-state index >= 15 is 0 Å². The summed E-state index contributed by atoms with van der Waals surface area (Å²) < 4.78 is 27.8. The largest absolute Gasteiger partial charge is 0.383 e. The van der Waals surface area contributed by atoms with E-state index in [1.807, 2.05) is 30.3 Å². The van der Waals surface area contributed by atoms with E-state index < -0.39 is 10.0 Å². The third kappa shape index (κ3) is 5.37. The van der Waals surface area contributed by atoms with Crippen LogP contribution in [0.1, 0.15) is 30.0 Å².